The number of carbonyl (C=O) groups excluding carboxylic acids is 1. The summed E-state index contributed by atoms with van der Waals surface area (Å²) in [5.74, 6) is 1.23. The molecule has 0 aliphatic carbocycles. The Balaban J connectivity index is 1.55. The zero-order valence-corrected chi connectivity index (χ0v) is 16.1. The van der Waals surface area contributed by atoms with Crippen LogP contribution < -0.4 is 10.2 Å². The smallest absolute Gasteiger partial charge is 0.259 e. The minimum absolute atomic E-state index is 0.182. The highest BCUT2D eigenvalue weighted by Crippen LogP contribution is 2.27. The molecule has 0 saturated carbocycles. The van der Waals surface area contributed by atoms with Gasteiger partial charge in [-0.2, -0.15) is 0 Å². The van der Waals surface area contributed by atoms with E-state index in [1.54, 1.807) is 24.6 Å². The van der Waals surface area contributed by atoms with Crippen LogP contribution >= 0.6 is 15.9 Å². The van der Waals surface area contributed by atoms with Crippen molar-refractivity contribution in [3.05, 3.63) is 76.8 Å². The van der Waals surface area contributed by atoms with Crippen molar-refractivity contribution in [2.75, 3.05) is 29.9 Å². The third-order valence-corrected chi connectivity index (χ3v) is 4.89. The third kappa shape index (κ3) is 4.04. The van der Waals surface area contributed by atoms with Gasteiger partial charge >= 0.3 is 0 Å². The number of carbonyl (C=O) groups is 1. The summed E-state index contributed by atoms with van der Waals surface area (Å²) < 4.78 is 12.2. The summed E-state index contributed by atoms with van der Waals surface area (Å²) in [6, 6.07) is 14.8. The zero-order chi connectivity index (χ0) is 18.6. The number of rotatable bonds is 4. The van der Waals surface area contributed by atoms with Crippen LogP contribution in [0.4, 0.5) is 11.5 Å². The summed E-state index contributed by atoms with van der Waals surface area (Å²) in [4.78, 5) is 19.4. The van der Waals surface area contributed by atoms with Crippen molar-refractivity contribution < 1.29 is 13.9 Å². The average Bonchev–Trinajstić information content (AvgIpc) is 3.25. The molecule has 0 bridgehead atoms. The van der Waals surface area contributed by atoms with Crippen molar-refractivity contribution in [2.24, 2.45) is 0 Å². The van der Waals surface area contributed by atoms with E-state index in [9.17, 15) is 4.79 Å². The third-order valence-electron chi connectivity index (χ3n) is 4.36. The molecular formula is C20H18BrN3O3. The number of morpholine rings is 1. The highest BCUT2D eigenvalue weighted by atomic mass is 79.9. The molecule has 1 aromatic carbocycles. The van der Waals surface area contributed by atoms with E-state index in [0.29, 0.717) is 31.1 Å². The van der Waals surface area contributed by atoms with Gasteiger partial charge in [-0.05, 0) is 48.5 Å². The number of aromatic nitrogens is 1. The molecule has 7 heteroatoms. The normalized spacial score (nSPS) is 16.9. The molecule has 1 amide bonds. The van der Waals surface area contributed by atoms with Gasteiger partial charge < -0.3 is 19.4 Å². The van der Waals surface area contributed by atoms with Crippen LogP contribution in [0, 0.1) is 0 Å². The van der Waals surface area contributed by atoms with Gasteiger partial charge in [-0.3, -0.25) is 4.79 Å². The lowest BCUT2D eigenvalue weighted by atomic mass is 10.1. The molecule has 138 valence electrons. The Kier molecular flexibility index (Phi) is 5.22. The van der Waals surface area contributed by atoms with Crippen molar-refractivity contribution in [3.63, 3.8) is 0 Å². The van der Waals surface area contributed by atoms with Crippen molar-refractivity contribution in [2.45, 2.75) is 6.10 Å². The Labute approximate surface area is 165 Å². The minimum Gasteiger partial charge on any atom is -0.467 e. The van der Waals surface area contributed by atoms with Gasteiger partial charge in [0.25, 0.3) is 5.91 Å². The first-order chi connectivity index (χ1) is 13.2. The van der Waals surface area contributed by atoms with E-state index < -0.39 is 0 Å². The van der Waals surface area contributed by atoms with Gasteiger partial charge in [-0.25, -0.2) is 4.98 Å². The standard InChI is InChI=1S/C20H18BrN3O3/c21-14-5-7-15(8-6-14)23-20(25)16-3-1-9-22-19(16)24-10-12-27-18(13-24)17-4-2-11-26-17/h1-9,11,18H,10,12-13H2,(H,23,25). The maximum absolute atomic E-state index is 12.8. The van der Waals surface area contributed by atoms with Crippen LogP contribution in [0.2, 0.25) is 0 Å². The molecular weight excluding hydrogens is 410 g/mol. The molecule has 3 aromatic rings. The van der Waals surface area contributed by atoms with Gasteiger partial charge in [0.15, 0.2) is 0 Å². The van der Waals surface area contributed by atoms with E-state index >= 15 is 0 Å². The summed E-state index contributed by atoms with van der Waals surface area (Å²) in [6.07, 6.45) is 3.15. The number of furan rings is 1. The molecule has 1 unspecified atom stereocenters. The highest BCUT2D eigenvalue weighted by Gasteiger charge is 2.27. The molecule has 4 rings (SSSR count). The second kappa shape index (κ2) is 7.94. The predicted molar refractivity (Wildman–Crippen MR) is 106 cm³/mol. The van der Waals surface area contributed by atoms with Gasteiger partial charge in [0.1, 0.15) is 17.7 Å². The zero-order valence-electron chi connectivity index (χ0n) is 14.5. The number of pyridine rings is 1. The molecule has 1 N–H and O–H groups in total. The van der Waals surface area contributed by atoms with E-state index in [2.05, 4.69) is 31.1 Å². The molecule has 2 aromatic heterocycles. The highest BCUT2D eigenvalue weighted by molar-refractivity contribution is 9.10. The fourth-order valence-electron chi connectivity index (χ4n) is 3.05. The van der Waals surface area contributed by atoms with Gasteiger partial charge in [0.05, 0.1) is 25.0 Å². The second-order valence-corrected chi connectivity index (χ2v) is 7.07. The van der Waals surface area contributed by atoms with Crippen molar-refractivity contribution in [1.82, 2.24) is 4.98 Å². The maximum Gasteiger partial charge on any atom is 0.259 e. The number of hydrogen-bond acceptors (Lipinski definition) is 5. The van der Waals surface area contributed by atoms with Crippen molar-refractivity contribution in [3.8, 4) is 0 Å². The van der Waals surface area contributed by atoms with Crippen LogP contribution in [0.3, 0.4) is 0 Å². The van der Waals surface area contributed by atoms with Crippen LogP contribution in [-0.4, -0.2) is 30.6 Å². The Morgan fingerprint density at radius 2 is 2.04 bits per heavy atom. The molecule has 1 saturated heterocycles. The monoisotopic (exact) mass is 427 g/mol. The number of hydrogen-bond donors (Lipinski definition) is 1. The summed E-state index contributed by atoms with van der Waals surface area (Å²) in [6.45, 7) is 1.77. The van der Waals surface area contributed by atoms with Gasteiger partial charge in [-0.15, -0.1) is 0 Å². The lowest BCUT2D eigenvalue weighted by Crippen LogP contribution is -2.39. The molecule has 0 radical (unpaired) electrons. The number of ether oxygens (including phenoxy) is 1. The first kappa shape index (κ1) is 17.8. The van der Waals surface area contributed by atoms with Gasteiger partial charge in [0, 0.05) is 22.9 Å². The van der Waals surface area contributed by atoms with E-state index in [0.717, 1.165) is 15.9 Å². The molecule has 1 atom stereocenters. The Morgan fingerprint density at radius 1 is 1.19 bits per heavy atom. The first-order valence-electron chi connectivity index (χ1n) is 8.62. The molecule has 0 spiro atoms. The Morgan fingerprint density at radius 3 is 2.81 bits per heavy atom. The largest absolute Gasteiger partial charge is 0.467 e. The van der Waals surface area contributed by atoms with Crippen LogP contribution in [0.15, 0.2) is 69.9 Å². The fraction of sp³-hybridized carbons (Fsp3) is 0.200. The number of anilines is 2. The van der Waals surface area contributed by atoms with E-state index in [1.165, 1.54) is 0 Å². The first-order valence-corrected chi connectivity index (χ1v) is 9.42. The van der Waals surface area contributed by atoms with Crippen molar-refractivity contribution >= 4 is 33.3 Å². The molecule has 6 nitrogen and oxygen atoms in total. The van der Waals surface area contributed by atoms with Gasteiger partial charge in [-0.1, -0.05) is 15.9 Å². The molecule has 3 heterocycles. The van der Waals surface area contributed by atoms with Crippen LogP contribution in [-0.2, 0) is 4.74 Å². The Bertz CT molecular complexity index is 912. The summed E-state index contributed by atoms with van der Waals surface area (Å²) >= 11 is 3.39. The van der Waals surface area contributed by atoms with Crippen LogP contribution in [0.25, 0.3) is 0 Å². The van der Waals surface area contributed by atoms with Crippen molar-refractivity contribution in [1.29, 1.82) is 0 Å². The predicted octanol–water partition coefficient (Wildman–Crippen LogP) is 4.27. The molecule has 1 fully saturated rings. The molecule has 1 aliphatic heterocycles. The maximum atomic E-state index is 12.8. The number of amides is 1. The summed E-state index contributed by atoms with van der Waals surface area (Å²) in [5, 5.41) is 2.93. The number of nitrogens with one attached hydrogen (secondary N) is 1. The van der Waals surface area contributed by atoms with Crippen LogP contribution in [0.5, 0.6) is 0 Å². The SMILES string of the molecule is O=C(Nc1ccc(Br)cc1)c1cccnc1N1CCOC(c2ccco2)C1. The average molecular weight is 428 g/mol. The number of nitrogens with zero attached hydrogens (tertiary/aromatic N) is 2. The summed E-state index contributed by atoms with van der Waals surface area (Å²) in [7, 11) is 0. The van der Waals surface area contributed by atoms with Gasteiger partial charge in [0.2, 0.25) is 0 Å². The Hall–Kier alpha value is -2.64. The summed E-state index contributed by atoms with van der Waals surface area (Å²) in [5.41, 5.74) is 1.26. The lowest BCUT2D eigenvalue weighted by molar-refractivity contribution is 0.0254. The van der Waals surface area contributed by atoms with E-state index in [4.69, 9.17) is 9.15 Å². The topological polar surface area (TPSA) is 67.6 Å². The minimum atomic E-state index is -0.193. The van der Waals surface area contributed by atoms with Crippen LogP contribution in [0.1, 0.15) is 22.2 Å². The quantitative estimate of drug-likeness (QED) is 0.673. The number of halogens is 1. The molecule has 27 heavy (non-hydrogen) atoms. The second-order valence-electron chi connectivity index (χ2n) is 6.16. The number of benzene rings is 1. The van der Waals surface area contributed by atoms with E-state index in [1.807, 2.05) is 36.4 Å². The van der Waals surface area contributed by atoms with E-state index in [-0.39, 0.29) is 12.0 Å². The fourth-order valence-corrected chi connectivity index (χ4v) is 3.31. The lowest BCUT2D eigenvalue weighted by Gasteiger charge is -2.33. The molecule has 1 aliphatic rings.